The summed E-state index contributed by atoms with van der Waals surface area (Å²) in [4.78, 5) is 13.8. The Morgan fingerprint density at radius 1 is 1.47 bits per heavy atom. The maximum atomic E-state index is 12.6. The summed E-state index contributed by atoms with van der Waals surface area (Å²) in [7, 11) is 0. The lowest BCUT2D eigenvalue weighted by Crippen LogP contribution is -2.24. The Kier molecular flexibility index (Phi) is 3.28. The SMILES string of the molecule is O=C(Cc1cc(F)cnc1Cl)C(F)(F)F. The van der Waals surface area contributed by atoms with Gasteiger partial charge in [-0.15, -0.1) is 0 Å². The molecule has 0 aliphatic rings. The molecule has 0 aromatic carbocycles. The third kappa shape index (κ3) is 3.16. The molecular weight excluding hydrogens is 238 g/mol. The van der Waals surface area contributed by atoms with Crippen molar-refractivity contribution in [3.8, 4) is 0 Å². The molecule has 0 spiro atoms. The van der Waals surface area contributed by atoms with Crippen LogP contribution in [0.4, 0.5) is 17.6 Å². The van der Waals surface area contributed by atoms with Crippen molar-refractivity contribution in [3.05, 3.63) is 28.8 Å². The van der Waals surface area contributed by atoms with E-state index in [4.69, 9.17) is 11.6 Å². The summed E-state index contributed by atoms with van der Waals surface area (Å²) in [5.41, 5.74) is -0.279. The van der Waals surface area contributed by atoms with E-state index in [9.17, 15) is 22.4 Å². The number of alkyl halides is 3. The van der Waals surface area contributed by atoms with Crippen LogP contribution in [0.2, 0.25) is 5.15 Å². The first kappa shape index (κ1) is 11.9. The van der Waals surface area contributed by atoms with Crippen LogP contribution in [0.15, 0.2) is 12.3 Å². The van der Waals surface area contributed by atoms with Crippen LogP contribution >= 0.6 is 11.6 Å². The number of carbonyl (C=O) groups excluding carboxylic acids is 1. The van der Waals surface area contributed by atoms with Crippen molar-refractivity contribution >= 4 is 17.4 Å². The van der Waals surface area contributed by atoms with Crippen molar-refractivity contribution < 1.29 is 22.4 Å². The number of pyridine rings is 1. The summed E-state index contributed by atoms with van der Waals surface area (Å²) in [6.07, 6.45) is -5.20. The Balaban J connectivity index is 2.90. The van der Waals surface area contributed by atoms with Crippen molar-refractivity contribution in [1.82, 2.24) is 4.98 Å². The predicted octanol–water partition coefficient (Wildman–Crippen LogP) is 2.55. The lowest BCUT2D eigenvalue weighted by atomic mass is 10.1. The highest BCUT2D eigenvalue weighted by molar-refractivity contribution is 6.30. The van der Waals surface area contributed by atoms with Crippen LogP contribution < -0.4 is 0 Å². The molecule has 1 aromatic heterocycles. The maximum absolute atomic E-state index is 12.6. The largest absolute Gasteiger partial charge is 0.450 e. The van der Waals surface area contributed by atoms with Gasteiger partial charge in [-0.1, -0.05) is 11.6 Å². The molecule has 0 radical (unpaired) electrons. The quantitative estimate of drug-likeness (QED) is 0.588. The van der Waals surface area contributed by atoms with Gasteiger partial charge in [0.05, 0.1) is 6.20 Å². The molecule has 1 heterocycles. The van der Waals surface area contributed by atoms with Crippen molar-refractivity contribution in [2.24, 2.45) is 0 Å². The number of hydrogen-bond acceptors (Lipinski definition) is 2. The highest BCUT2D eigenvalue weighted by Crippen LogP contribution is 2.21. The van der Waals surface area contributed by atoms with Gasteiger partial charge in [0.15, 0.2) is 0 Å². The van der Waals surface area contributed by atoms with E-state index in [-0.39, 0.29) is 10.7 Å². The smallest absolute Gasteiger partial charge is 0.289 e. The van der Waals surface area contributed by atoms with Gasteiger partial charge in [-0.2, -0.15) is 13.2 Å². The van der Waals surface area contributed by atoms with Crippen LogP contribution in [-0.2, 0) is 11.2 Å². The van der Waals surface area contributed by atoms with Crippen LogP contribution in [0.3, 0.4) is 0 Å². The number of carbonyl (C=O) groups is 1. The molecule has 1 rings (SSSR count). The Bertz CT molecular complexity index is 391. The van der Waals surface area contributed by atoms with E-state index >= 15 is 0 Å². The lowest BCUT2D eigenvalue weighted by molar-refractivity contribution is -0.170. The number of nitrogens with zero attached hydrogens (tertiary/aromatic N) is 1. The molecule has 0 saturated carbocycles. The number of halogens is 5. The second kappa shape index (κ2) is 4.14. The number of hydrogen-bond donors (Lipinski definition) is 0. The fourth-order valence-corrected chi connectivity index (χ4v) is 1.03. The van der Waals surface area contributed by atoms with E-state index in [2.05, 4.69) is 4.98 Å². The van der Waals surface area contributed by atoms with E-state index < -0.39 is 24.2 Å². The molecule has 0 bridgehead atoms. The zero-order valence-corrected chi connectivity index (χ0v) is 7.86. The van der Waals surface area contributed by atoms with Crippen molar-refractivity contribution in [1.29, 1.82) is 0 Å². The van der Waals surface area contributed by atoms with Crippen molar-refractivity contribution in [2.75, 3.05) is 0 Å². The van der Waals surface area contributed by atoms with Gasteiger partial charge in [0.25, 0.3) is 0 Å². The Morgan fingerprint density at radius 3 is 2.60 bits per heavy atom. The minimum absolute atomic E-state index is 0.279. The molecule has 0 fully saturated rings. The van der Waals surface area contributed by atoms with E-state index in [0.717, 1.165) is 12.3 Å². The molecular formula is C8H4ClF4NO. The zero-order chi connectivity index (χ0) is 11.6. The van der Waals surface area contributed by atoms with Gasteiger partial charge in [-0.05, 0) is 6.07 Å². The highest BCUT2D eigenvalue weighted by atomic mass is 35.5. The third-order valence-electron chi connectivity index (χ3n) is 1.55. The van der Waals surface area contributed by atoms with Crippen LogP contribution in [0, 0.1) is 5.82 Å². The molecule has 0 N–H and O–H groups in total. The monoisotopic (exact) mass is 241 g/mol. The van der Waals surface area contributed by atoms with Crippen LogP contribution in [0.1, 0.15) is 5.56 Å². The van der Waals surface area contributed by atoms with Crippen LogP contribution in [0.5, 0.6) is 0 Å². The molecule has 0 amide bonds. The number of rotatable bonds is 2. The van der Waals surface area contributed by atoms with Gasteiger partial charge < -0.3 is 0 Å². The molecule has 82 valence electrons. The average Bonchev–Trinajstić information content (AvgIpc) is 2.09. The molecule has 15 heavy (non-hydrogen) atoms. The van der Waals surface area contributed by atoms with Crippen LogP contribution in [-0.4, -0.2) is 16.9 Å². The van der Waals surface area contributed by atoms with Gasteiger partial charge in [0.2, 0.25) is 5.78 Å². The zero-order valence-electron chi connectivity index (χ0n) is 7.11. The summed E-state index contributed by atoms with van der Waals surface area (Å²) in [6, 6.07) is 0.749. The number of Topliss-reactive ketones (excluding diaryl/α,β-unsaturated/α-hetero) is 1. The molecule has 0 aliphatic heterocycles. The summed E-state index contributed by atoms with van der Waals surface area (Å²) < 4.78 is 48.2. The summed E-state index contributed by atoms with van der Waals surface area (Å²) >= 11 is 5.39. The Hall–Kier alpha value is -1.17. The van der Waals surface area contributed by atoms with E-state index in [0.29, 0.717) is 0 Å². The molecule has 0 unspecified atom stereocenters. The molecule has 0 atom stereocenters. The average molecular weight is 242 g/mol. The molecule has 0 aliphatic carbocycles. The lowest BCUT2D eigenvalue weighted by Gasteiger charge is -2.05. The second-order valence-electron chi connectivity index (χ2n) is 2.70. The minimum atomic E-state index is -4.95. The fraction of sp³-hybridized carbons (Fsp3) is 0.250. The first-order chi connectivity index (χ1) is 6.80. The molecule has 1 aromatic rings. The third-order valence-corrected chi connectivity index (χ3v) is 1.89. The molecule has 2 nitrogen and oxygen atoms in total. The standard InChI is InChI=1S/C8H4ClF4NO/c9-7-4(1-5(10)3-14-7)2-6(15)8(11,12)13/h1,3H,2H2. The van der Waals surface area contributed by atoms with Gasteiger partial charge in [0.1, 0.15) is 11.0 Å². The first-order valence-corrected chi connectivity index (χ1v) is 4.08. The minimum Gasteiger partial charge on any atom is -0.289 e. The van der Waals surface area contributed by atoms with Crippen LogP contribution in [0.25, 0.3) is 0 Å². The normalized spacial score (nSPS) is 11.5. The first-order valence-electron chi connectivity index (χ1n) is 3.70. The molecule has 7 heteroatoms. The summed E-state index contributed by atoms with van der Waals surface area (Å²) in [5, 5.41) is -0.311. The van der Waals surface area contributed by atoms with E-state index in [1.54, 1.807) is 0 Å². The van der Waals surface area contributed by atoms with Gasteiger partial charge >= 0.3 is 6.18 Å². The van der Waals surface area contributed by atoms with Gasteiger partial charge in [-0.25, -0.2) is 9.37 Å². The molecule has 0 saturated heterocycles. The Morgan fingerprint density at radius 2 is 2.07 bits per heavy atom. The summed E-state index contributed by atoms with van der Waals surface area (Å²) in [6.45, 7) is 0. The number of aromatic nitrogens is 1. The second-order valence-corrected chi connectivity index (χ2v) is 3.06. The van der Waals surface area contributed by atoms with Crippen molar-refractivity contribution in [2.45, 2.75) is 12.6 Å². The van der Waals surface area contributed by atoms with Gasteiger partial charge in [-0.3, -0.25) is 4.79 Å². The number of ketones is 1. The predicted molar refractivity (Wildman–Crippen MR) is 44.0 cm³/mol. The fourth-order valence-electron chi connectivity index (χ4n) is 0.862. The van der Waals surface area contributed by atoms with Gasteiger partial charge in [0, 0.05) is 12.0 Å². The van der Waals surface area contributed by atoms with E-state index in [1.807, 2.05) is 0 Å². The topological polar surface area (TPSA) is 30.0 Å². The van der Waals surface area contributed by atoms with Crippen molar-refractivity contribution in [3.63, 3.8) is 0 Å². The van der Waals surface area contributed by atoms with E-state index in [1.165, 1.54) is 0 Å². The maximum Gasteiger partial charge on any atom is 0.450 e. The summed E-state index contributed by atoms with van der Waals surface area (Å²) in [5.74, 6) is -2.83. The highest BCUT2D eigenvalue weighted by Gasteiger charge is 2.38. The Labute approximate surface area is 86.9 Å².